The Balaban J connectivity index is 0.000000261. The van der Waals surface area contributed by atoms with E-state index in [9.17, 15) is 4.79 Å². The highest BCUT2D eigenvalue weighted by atomic mass is 16.9. The standard InChI is InChI=1S/C6H7NO.NO3/c1-5-4-6(8)2-3-7-5;2-1(3)4/h2-4H,1H3,(H,7,8);. The molecule has 0 aliphatic carbocycles. The van der Waals surface area contributed by atoms with Crippen LogP contribution in [0.1, 0.15) is 5.69 Å². The summed E-state index contributed by atoms with van der Waals surface area (Å²) in [6, 6.07) is 3.05. The van der Waals surface area contributed by atoms with Crippen molar-refractivity contribution in [3.8, 4) is 0 Å². The van der Waals surface area contributed by atoms with Gasteiger partial charge in [-0.2, -0.15) is 0 Å². The Labute approximate surface area is 67.6 Å². The second kappa shape index (κ2) is 4.89. The lowest BCUT2D eigenvalue weighted by Gasteiger charge is -1.85. The molecule has 12 heavy (non-hydrogen) atoms. The van der Waals surface area contributed by atoms with Crippen molar-refractivity contribution in [2.24, 2.45) is 0 Å². The zero-order chi connectivity index (χ0) is 9.56. The van der Waals surface area contributed by atoms with Gasteiger partial charge in [0.1, 0.15) is 0 Å². The lowest BCUT2D eigenvalue weighted by molar-refractivity contribution is -0.782. The van der Waals surface area contributed by atoms with Gasteiger partial charge in [-0.3, -0.25) is 4.79 Å². The van der Waals surface area contributed by atoms with Crippen LogP contribution in [0.5, 0.6) is 0 Å². The Bertz CT molecular complexity index is 302. The van der Waals surface area contributed by atoms with Gasteiger partial charge >= 0.3 is 5.09 Å². The van der Waals surface area contributed by atoms with Crippen LogP contribution in [0.15, 0.2) is 23.1 Å². The van der Waals surface area contributed by atoms with Crippen LogP contribution in [0, 0.1) is 17.0 Å². The highest BCUT2D eigenvalue weighted by molar-refractivity contribution is 5.00. The normalized spacial score (nSPS) is 8.08. The average Bonchev–Trinajstić information content (AvgIpc) is 1.84. The molecule has 1 radical (unpaired) electrons. The molecule has 1 rings (SSSR count). The first-order chi connectivity index (χ1) is 5.52. The molecule has 1 heterocycles. The summed E-state index contributed by atoms with van der Waals surface area (Å²) in [7, 11) is 0. The van der Waals surface area contributed by atoms with E-state index in [0.29, 0.717) is 0 Å². The lowest BCUT2D eigenvalue weighted by atomic mass is 10.4. The summed E-state index contributed by atoms with van der Waals surface area (Å²) in [5.41, 5.74) is 0.957. The molecule has 0 aliphatic heterocycles. The van der Waals surface area contributed by atoms with Gasteiger partial charge in [-0.1, -0.05) is 0 Å². The van der Waals surface area contributed by atoms with Gasteiger partial charge in [0.25, 0.3) is 0 Å². The molecule has 0 aromatic carbocycles. The number of aromatic amines is 1. The Morgan fingerprint density at radius 2 is 2.08 bits per heavy atom. The molecule has 0 saturated heterocycles. The quantitative estimate of drug-likeness (QED) is 0.448. The molecule has 0 spiro atoms. The lowest BCUT2D eigenvalue weighted by Crippen LogP contribution is -1.96. The number of hydrogen-bond donors (Lipinski definition) is 1. The third kappa shape index (κ3) is 6.27. The molecule has 1 aromatic heterocycles. The van der Waals surface area contributed by atoms with Crippen molar-refractivity contribution in [1.82, 2.24) is 4.98 Å². The van der Waals surface area contributed by atoms with E-state index < -0.39 is 5.09 Å². The van der Waals surface area contributed by atoms with Crippen LogP contribution < -0.4 is 5.43 Å². The Morgan fingerprint density at radius 3 is 2.33 bits per heavy atom. The fourth-order valence-corrected chi connectivity index (χ4v) is 0.558. The van der Waals surface area contributed by atoms with E-state index in [-0.39, 0.29) is 5.43 Å². The Hall–Kier alpha value is -1.85. The molecule has 65 valence electrons. The highest BCUT2D eigenvalue weighted by Crippen LogP contribution is 1.79. The maximum atomic E-state index is 10.5. The predicted octanol–water partition coefficient (Wildman–Crippen LogP) is 0.292. The SMILES string of the molecule is Cc1cc(=O)cc[nH]1.[O][N+](=O)[O-]. The minimum absolute atomic E-state index is 0.0567. The van der Waals surface area contributed by atoms with Crippen LogP contribution in [0.25, 0.3) is 0 Å². The zero-order valence-corrected chi connectivity index (χ0v) is 6.31. The number of aryl methyl sites for hydroxylation is 1. The molecule has 0 bridgehead atoms. The van der Waals surface area contributed by atoms with Crippen molar-refractivity contribution >= 4 is 0 Å². The Kier molecular flexibility index (Phi) is 4.13. The van der Waals surface area contributed by atoms with Crippen LogP contribution in [0.3, 0.4) is 0 Å². The summed E-state index contributed by atoms with van der Waals surface area (Å²) >= 11 is 0. The first-order valence-corrected chi connectivity index (χ1v) is 2.99. The van der Waals surface area contributed by atoms with E-state index in [1.54, 1.807) is 12.3 Å². The van der Waals surface area contributed by atoms with Crippen molar-refractivity contribution in [2.45, 2.75) is 6.92 Å². The van der Waals surface area contributed by atoms with E-state index in [4.69, 9.17) is 15.3 Å². The molecule has 1 aromatic rings. The van der Waals surface area contributed by atoms with Gasteiger partial charge in [0, 0.05) is 24.0 Å². The van der Waals surface area contributed by atoms with Crippen LogP contribution in [0.4, 0.5) is 0 Å². The minimum Gasteiger partial charge on any atom is -0.365 e. The number of rotatable bonds is 0. The van der Waals surface area contributed by atoms with E-state index in [2.05, 4.69) is 4.98 Å². The topological polar surface area (TPSA) is 95.9 Å². The van der Waals surface area contributed by atoms with Gasteiger partial charge in [0.15, 0.2) is 5.43 Å². The van der Waals surface area contributed by atoms with Crippen LogP contribution in [0.2, 0.25) is 0 Å². The monoisotopic (exact) mass is 171 g/mol. The second-order valence-corrected chi connectivity index (χ2v) is 1.93. The second-order valence-electron chi connectivity index (χ2n) is 1.93. The number of hydrogen-bond acceptors (Lipinski definition) is 3. The Morgan fingerprint density at radius 1 is 1.58 bits per heavy atom. The fraction of sp³-hybridized carbons (Fsp3) is 0.167. The first kappa shape index (κ1) is 10.2. The molecule has 0 atom stereocenters. The van der Waals surface area contributed by atoms with Gasteiger partial charge in [-0.15, -0.1) is 15.3 Å². The van der Waals surface area contributed by atoms with Crippen molar-refractivity contribution < 1.29 is 10.3 Å². The van der Waals surface area contributed by atoms with E-state index in [1.807, 2.05) is 6.92 Å². The van der Waals surface area contributed by atoms with Crippen molar-refractivity contribution in [1.29, 1.82) is 0 Å². The highest BCUT2D eigenvalue weighted by Gasteiger charge is 1.80. The van der Waals surface area contributed by atoms with Gasteiger partial charge in [-0.05, 0) is 6.92 Å². The molecule has 1 N–H and O–H groups in total. The smallest absolute Gasteiger partial charge is 0.322 e. The molecule has 0 amide bonds. The summed E-state index contributed by atoms with van der Waals surface area (Å²) in [4.78, 5) is 21.6. The number of nitrogens with zero attached hydrogens (tertiary/aromatic N) is 1. The van der Waals surface area contributed by atoms with Crippen molar-refractivity contribution in [3.63, 3.8) is 0 Å². The molecule has 6 nitrogen and oxygen atoms in total. The summed E-state index contributed by atoms with van der Waals surface area (Å²) in [5.74, 6) is 0. The van der Waals surface area contributed by atoms with Crippen LogP contribution in [-0.2, 0) is 5.21 Å². The number of pyridine rings is 1. The van der Waals surface area contributed by atoms with Gasteiger partial charge < -0.3 is 4.98 Å². The minimum atomic E-state index is -1.75. The summed E-state index contributed by atoms with van der Waals surface area (Å²) in [6.45, 7) is 1.85. The largest absolute Gasteiger partial charge is 0.365 e. The molecule has 0 saturated carbocycles. The number of aromatic nitrogens is 1. The third-order valence-electron chi connectivity index (χ3n) is 0.917. The summed E-state index contributed by atoms with van der Waals surface area (Å²) < 4.78 is 0. The first-order valence-electron chi connectivity index (χ1n) is 2.99. The average molecular weight is 171 g/mol. The predicted molar refractivity (Wildman–Crippen MR) is 39.5 cm³/mol. The van der Waals surface area contributed by atoms with Crippen LogP contribution in [-0.4, -0.2) is 10.1 Å². The van der Waals surface area contributed by atoms with E-state index in [1.165, 1.54) is 6.07 Å². The number of nitrogens with one attached hydrogen (secondary N) is 1. The molecule has 0 unspecified atom stereocenters. The summed E-state index contributed by atoms with van der Waals surface area (Å²) in [5, 5.41) is 14.8. The van der Waals surface area contributed by atoms with Crippen molar-refractivity contribution in [2.75, 3.05) is 0 Å². The van der Waals surface area contributed by atoms with E-state index >= 15 is 0 Å². The maximum absolute atomic E-state index is 10.5. The third-order valence-corrected chi connectivity index (χ3v) is 0.917. The molecule has 0 fully saturated rings. The zero-order valence-electron chi connectivity index (χ0n) is 6.31. The number of H-pyrrole nitrogens is 1. The summed E-state index contributed by atoms with van der Waals surface area (Å²) in [6.07, 6.45) is 1.64. The molecule has 6 heteroatoms. The van der Waals surface area contributed by atoms with Gasteiger partial charge in [-0.25, -0.2) is 0 Å². The fourth-order valence-electron chi connectivity index (χ4n) is 0.558. The van der Waals surface area contributed by atoms with Crippen LogP contribution >= 0.6 is 0 Å². The van der Waals surface area contributed by atoms with Gasteiger partial charge in [0.2, 0.25) is 0 Å². The molecular weight excluding hydrogens is 164 g/mol. The van der Waals surface area contributed by atoms with Gasteiger partial charge in [0.05, 0.1) is 0 Å². The van der Waals surface area contributed by atoms with Crippen molar-refractivity contribution in [3.05, 3.63) is 44.4 Å². The molecular formula is C6H7N2O4. The molecule has 0 aliphatic rings. The maximum Gasteiger partial charge on any atom is 0.322 e. The van der Waals surface area contributed by atoms with E-state index in [0.717, 1.165) is 5.69 Å².